The molecule has 2 heterocycles. The number of fused-ring (bicyclic) bond motifs is 1. The van der Waals surface area contributed by atoms with Gasteiger partial charge in [0.1, 0.15) is 23.1 Å². The number of methoxy groups -OCH3 is 1. The molecule has 8 heteroatoms. The average Bonchev–Trinajstić information content (AvgIpc) is 3.13. The van der Waals surface area contributed by atoms with Crippen LogP contribution in [-0.2, 0) is 6.54 Å². The van der Waals surface area contributed by atoms with E-state index in [1.807, 2.05) is 11.4 Å². The second-order valence-electron chi connectivity index (χ2n) is 6.74. The monoisotopic (exact) mass is 418 g/mol. The van der Waals surface area contributed by atoms with E-state index in [0.29, 0.717) is 17.1 Å². The summed E-state index contributed by atoms with van der Waals surface area (Å²) in [5.74, 6) is -1.11. The molecule has 1 amide bonds. The summed E-state index contributed by atoms with van der Waals surface area (Å²) in [4.78, 5) is 16.2. The Bertz CT molecular complexity index is 1340. The number of halogens is 2. The minimum atomic E-state index is -0.622. The zero-order valence-corrected chi connectivity index (χ0v) is 16.4. The number of rotatable bonds is 5. The van der Waals surface area contributed by atoms with Crippen molar-refractivity contribution in [2.75, 3.05) is 7.11 Å². The summed E-state index contributed by atoms with van der Waals surface area (Å²) in [6.45, 7) is 0.189. The van der Waals surface area contributed by atoms with Gasteiger partial charge < -0.3 is 9.30 Å². The molecule has 0 atom stereocenters. The Balaban J connectivity index is 1.87. The number of ether oxygens (including phenoxy) is 1. The molecule has 0 radical (unpaired) electrons. The predicted molar refractivity (Wildman–Crippen MR) is 110 cm³/mol. The quantitative estimate of drug-likeness (QED) is 0.388. The van der Waals surface area contributed by atoms with Gasteiger partial charge in [0.05, 0.1) is 25.0 Å². The zero-order valence-electron chi connectivity index (χ0n) is 16.4. The van der Waals surface area contributed by atoms with Crippen molar-refractivity contribution in [3.8, 4) is 23.2 Å². The van der Waals surface area contributed by atoms with E-state index in [-0.39, 0.29) is 17.8 Å². The van der Waals surface area contributed by atoms with Crippen LogP contribution in [0.1, 0.15) is 16.2 Å². The van der Waals surface area contributed by atoms with Crippen molar-refractivity contribution in [1.29, 1.82) is 5.26 Å². The molecule has 0 saturated carbocycles. The van der Waals surface area contributed by atoms with E-state index in [9.17, 15) is 13.6 Å². The molecular weight excluding hydrogens is 402 g/mol. The Morgan fingerprint density at radius 3 is 2.77 bits per heavy atom. The van der Waals surface area contributed by atoms with Crippen molar-refractivity contribution < 1.29 is 18.3 Å². The third-order valence-electron chi connectivity index (χ3n) is 4.84. The Kier molecular flexibility index (Phi) is 5.33. The van der Waals surface area contributed by atoms with Gasteiger partial charge >= 0.3 is 0 Å². The van der Waals surface area contributed by atoms with E-state index >= 15 is 0 Å². The molecule has 4 rings (SSSR count). The van der Waals surface area contributed by atoms with Crippen LogP contribution in [0.4, 0.5) is 8.78 Å². The Morgan fingerprint density at radius 2 is 2.00 bits per heavy atom. The Hall–Kier alpha value is -4.25. The van der Waals surface area contributed by atoms with Crippen molar-refractivity contribution >= 4 is 16.8 Å². The fourth-order valence-corrected chi connectivity index (χ4v) is 3.43. The summed E-state index contributed by atoms with van der Waals surface area (Å²) < 4.78 is 35.6. The summed E-state index contributed by atoms with van der Waals surface area (Å²) in [6.07, 6.45) is 1.57. The van der Waals surface area contributed by atoms with Gasteiger partial charge in [-0.2, -0.15) is 5.26 Å². The van der Waals surface area contributed by atoms with Gasteiger partial charge in [0.15, 0.2) is 6.19 Å². The summed E-state index contributed by atoms with van der Waals surface area (Å²) in [5, 5.41) is 11.5. The van der Waals surface area contributed by atoms with Crippen molar-refractivity contribution in [1.82, 2.24) is 14.9 Å². The summed E-state index contributed by atoms with van der Waals surface area (Å²) >= 11 is 0. The number of hydrogen-bond acceptors (Lipinski definition) is 4. The highest BCUT2D eigenvalue weighted by molar-refractivity contribution is 5.93. The maximum Gasteiger partial charge on any atom is 0.282 e. The van der Waals surface area contributed by atoms with Gasteiger partial charge in [-0.3, -0.25) is 10.1 Å². The van der Waals surface area contributed by atoms with Crippen LogP contribution in [-0.4, -0.2) is 22.6 Å². The minimum Gasteiger partial charge on any atom is -0.497 e. The normalized spacial score (nSPS) is 10.6. The van der Waals surface area contributed by atoms with Crippen LogP contribution >= 0.6 is 0 Å². The molecule has 2 aromatic heterocycles. The van der Waals surface area contributed by atoms with Crippen LogP contribution < -0.4 is 10.1 Å². The first kappa shape index (κ1) is 20.0. The minimum absolute atomic E-state index is 0.0793. The smallest absolute Gasteiger partial charge is 0.282 e. The highest BCUT2D eigenvalue weighted by atomic mass is 19.1. The van der Waals surface area contributed by atoms with Crippen molar-refractivity contribution in [2.24, 2.45) is 0 Å². The largest absolute Gasteiger partial charge is 0.497 e. The molecule has 0 unspecified atom stereocenters. The standard InChI is InChI=1S/C23H16F2N4O2/c1-31-17-6-8-21-14(9-17)10-22(18-11-15(24)5-7-19(18)25)29(21)12-16-3-2-4-20(28-16)23(30)27-13-26/h2-11H,12H2,1H3,(H,27,30). The maximum absolute atomic E-state index is 14.6. The third-order valence-corrected chi connectivity index (χ3v) is 4.84. The molecule has 4 aromatic rings. The van der Waals surface area contributed by atoms with Crippen LogP contribution in [0.2, 0.25) is 0 Å². The van der Waals surface area contributed by atoms with Crippen molar-refractivity contribution in [3.63, 3.8) is 0 Å². The topological polar surface area (TPSA) is 79.9 Å². The molecule has 0 saturated heterocycles. The summed E-state index contributed by atoms with van der Waals surface area (Å²) in [5.41, 5.74) is 1.91. The summed E-state index contributed by atoms with van der Waals surface area (Å²) in [7, 11) is 1.55. The number of nitriles is 1. The first-order valence-electron chi connectivity index (χ1n) is 9.28. The maximum atomic E-state index is 14.6. The molecule has 0 aliphatic rings. The third kappa shape index (κ3) is 3.94. The molecule has 6 nitrogen and oxygen atoms in total. The van der Waals surface area contributed by atoms with Gasteiger partial charge in [0, 0.05) is 16.5 Å². The van der Waals surface area contributed by atoms with Gasteiger partial charge in [-0.1, -0.05) is 6.07 Å². The van der Waals surface area contributed by atoms with Crippen LogP contribution in [0.25, 0.3) is 22.2 Å². The van der Waals surface area contributed by atoms with E-state index < -0.39 is 17.5 Å². The van der Waals surface area contributed by atoms with Gasteiger partial charge in [-0.15, -0.1) is 0 Å². The number of carbonyl (C=O) groups is 1. The number of pyridine rings is 1. The number of aromatic nitrogens is 2. The van der Waals surface area contributed by atoms with Gasteiger partial charge in [-0.25, -0.2) is 13.8 Å². The zero-order chi connectivity index (χ0) is 22.0. The second kappa shape index (κ2) is 8.24. The number of carbonyl (C=O) groups excluding carboxylic acids is 1. The van der Waals surface area contributed by atoms with Crippen molar-refractivity contribution in [3.05, 3.63) is 83.7 Å². The lowest BCUT2D eigenvalue weighted by atomic mass is 10.1. The van der Waals surface area contributed by atoms with Crippen LogP contribution in [0.15, 0.2) is 60.7 Å². The number of nitrogens with one attached hydrogen (secondary N) is 1. The number of nitrogens with zero attached hydrogens (tertiary/aromatic N) is 3. The second-order valence-corrected chi connectivity index (χ2v) is 6.74. The average molecular weight is 418 g/mol. The van der Waals surface area contributed by atoms with E-state index in [0.717, 1.165) is 29.1 Å². The molecule has 0 fully saturated rings. The van der Waals surface area contributed by atoms with Crippen LogP contribution in [0.3, 0.4) is 0 Å². The fourth-order valence-electron chi connectivity index (χ4n) is 3.43. The molecular formula is C23H16F2N4O2. The van der Waals surface area contributed by atoms with E-state index in [1.165, 1.54) is 6.07 Å². The molecule has 0 spiro atoms. The lowest BCUT2D eigenvalue weighted by molar-refractivity contribution is 0.0967. The Labute approximate surface area is 176 Å². The fraction of sp³-hybridized carbons (Fsp3) is 0.0870. The van der Waals surface area contributed by atoms with E-state index in [1.54, 1.807) is 48.2 Å². The summed E-state index contributed by atoms with van der Waals surface area (Å²) in [6, 6.07) is 15.3. The lowest BCUT2D eigenvalue weighted by Gasteiger charge is -2.12. The van der Waals surface area contributed by atoms with Crippen LogP contribution in [0.5, 0.6) is 5.75 Å². The van der Waals surface area contributed by atoms with Crippen LogP contribution in [0, 0.1) is 23.1 Å². The van der Waals surface area contributed by atoms with Gasteiger partial charge in [0.2, 0.25) is 0 Å². The van der Waals surface area contributed by atoms with Gasteiger partial charge in [0.25, 0.3) is 5.91 Å². The number of hydrogen-bond donors (Lipinski definition) is 1. The number of benzene rings is 2. The highest BCUT2D eigenvalue weighted by Crippen LogP contribution is 2.33. The molecule has 0 aliphatic carbocycles. The molecule has 0 aliphatic heterocycles. The van der Waals surface area contributed by atoms with Crippen molar-refractivity contribution in [2.45, 2.75) is 6.54 Å². The van der Waals surface area contributed by atoms with E-state index in [2.05, 4.69) is 4.98 Å². The molecule has 1 N–H and O–H groups in total. The molecule has 0 bridgehead atoms. The van der Waals surface area contributed by atoms with Gasteiger partial charge in [-0.05, 0) is 54.6 Å². The SMILES string of the molecule is COc1ccc2c(c1)cc(-c1cc(F)ccc1F)n2Cc1cccc(C(=O)NC#N)n1. The molecule has 154 valence electrons. The molecule has 2 aromatic carbocycles. The first-order chi connectivity index (χ1) is 15.0. The van der Waals surface area contributed by atoms with E-state index in [4.69, 9.17) is 10.00 Å². The molecule has 31 heavy (non-hydrogen) atoms. The Morgan fingerprint density at radius 1 is 1.16 bits per heavy atom. The lowest BCUT2D eigenvalue weighted by Crippen LogP contribution is -2.19. The highest BCUT2D eigenvalue weighted by Gasteiger charge is 2.17. The first-order valence-corrected chi connectivity index (χ1v) is 9.28. The number of amides is 1. The predicted octanol–water partition coefficient (Wildman–Crippen LogP) is 4.25.